The summed E-state index contributed by atoms with van der Waals surface area (Å²) in [4.78, 5) is 24.0. The van der Waals surface area contributed by atoms with E-state index in [1.165, 1.54) is 12.3 Å². The van der Waals surface area contributed by atoms with Crippen molar-refractivity contribution >= 4 is 28.6 Å². The van der Waals surface area contributed by atoms with Gasteiger partial charge in [-0.15, -0.1) is 0 Å². The number of benzene rings is 1. The first kappa shape index (κ1) is 20.2. The summed E-state index contributed by atoms with van der Waals surface area (Å²) in [5.74, 6) is -0.593. The third kappa shape index (κ3) is 4.11. The second-order valence-electron chi connectivity index (χ2n) is 6.83. The molecule has 9 nitrogen and oxygen atoms in total. The Balaban J connectivity index is 1.35. The smallest absolute Gasteiger partial charge is 0.230 e. The predicted molar refractivity (Wildman–Crippen MR) is 118 cm³/mol. The number of nitrogens with one attached hydrogen (secondary N) is 3. The van der Waals surface area contributed by atoms with Gasteiger partial charge in [-0.3, -0.25) is 0 Å². The molecule has 3 N–H and O–H groups in total. The normalized spacial score (nSPS) is 10.9. The monoisotopic (exact) mass is 446 g/mol. The fraction of sp³-hybridized carbons (Fsp3) is 0.0455. The Labute approximate surface area is 186 Å². The van der Waals surface area contributed by atoms with E-state index in [1.54, 1.807) is 43.7 Å². The summed E-state index contributed by atoms with van der Waals surface area (Å²) in [5, 5.41) is 5.86. The molecule has 1 aromatic carbocycles. The molecule has 0 bridgehead atoms. The van der Waals surface area contributed by atoms with E-state index in [9.17, 15) is 8.78 Å². The average molecular weight is 446 g/mol. The Bertz CT molecular complexity index is 1440. The lowest BCUT2D eigenvalue weighted by atomic mass is 10.2. The molecular formula is C22H16F2N8O. The second-order valence-corrected chi connectivity index (χ2v) is 6.83. The summed E-state index contributed by atoms with van der Waals surface area (Å²) in [5.41, 5.74) is 2.18. The molecule has 4 aromatic heterocycles. The predicted octanol–water partition coefficient (Wildman–Crippen LogP) is 4.67. The molecule has 11 heteroatoms. The Morgan fingerprint density at radius 3 is 2.67 bits per heavy atom. The number of nitrogens with zero attached hydrogens (tertiary/aromatic N) is 5. The summed E-state index contributed by atoms with van der Waals surface area (Å²) >= 11 is 0. The van der Waals surface area contributed by atoms with Gasteiger partial charge < -0.3 is 20.4 Å². The van der Waals surface area contributed by atoms with Crippen LogP contribution in [-0.4, -0.2) is 37.0 Å². The molecule has 0 aliphatic carbocycles. The fourth-order valence-corrected chi connectivity index (χ4v) is 3.12. The van der Waals surface area contributed by atoms with Gasteiger partial charge in [0.25, 0.3) is 0 Å². The van der Waals surface area contributed by atoms with Gasteiger partial charge in [0.1, 0.15) is 5.52 Å². The van der Waals surface area contributed by atoms with Gasteiger partial charge in [-0.1, -0.05) is 0 Å². The molecule has 4 heterocycles. The maximum atomic E-state index is 13.9. The SMILES string of the molecule is CNc1nccc(-c2cccnc2Oc2ccc(Nc3nc4c(F)c(F)ccc4[nH]3)cn2)n1. The minimum absolute atomic E-state index is 0.0840. The van der Waals surface area contributed by atoms with E-state index in [0.717, 1.165) is 6.07 Å². The van der Waals surface area contributed by atoms with Crippen LogP contribution in [0.25, 0.3) is 22.3 Å². The number of rotatable bonds is 6. The molecule has 0 saturated heterocycles. The average Bonchev–Trinajstić information content (AvgIpc) is 3.26. The van der Waals surface area contributed by atoms with Crippen LogP contribution in [0.5, 0.6) is 11.8 Å². The molecule has 0 spiro atoms. The molecule has 0 radical (unpaired) electrons. The molecule has 5 aromatic rings. The van der Waals surface area contributed by atoms with E-state index < -0.39 is 11.6 Å². The number of aromatic nitrogens is 6. The zero-order chi connectivity index (χ0) is 22.8. The van der Waals surface area contributed by atoms with Crippen LogP contribution in [0.3, 0.4) is 0 Å². The van der Waals surface area contributed by atoms with Gasteiger partial charge in [0.15, 0.2) is 11.6 Å². The highest BCUT2D eigenvalue weighted by molar-refractivity contribution is 5.79. The van der Waals surface area contributed by atoms with Crippen molar-refractivity contribution in [3.63, 3.8) is 0 Å². The largest absolute Gasteiger partial charge is 0.420 e. The van der Waals surface area contributed by atoms with Crippen molar-refractivity contribution in [2.24, 2.45) is 0 Å². The molecule has 0 unspecified atom stereocenters. The van der Waals surface area contributed by atoms with Crippen molar-refractivity contribution in [1.82, 2.24) is 29.9 Å². The van der Waals surface area contributed by atoms with Crippen LogP contribution in [0.4, 0.5) is 26.4 Å². The van der Waals surface area contributed by atoms with Gasteiger partial charge in [-0.05, 0) is 36.4 Å². The molecule has 0 fully saturated rings. The van der Waals surface area contributed by atoms with E-state index in [-0.39, 0.29) is 11.5 Å². The van der Waals surface area contributed by atoms with Crippen molar-refractivity contribution in [2.45, 2.75) is 0 Å². The Hall–Kier alpha value is -4.67. The zero-order valence-electron chi connectivity index (χ0n) is 17.2. The first-order chi connectivity index (χ1) is 16.1. The molecule has 0 aliphatic heterocycles. The molecule has 0 amide bonds. The first-order valence-corrected chi connectivity index (χ1v) is 9.81. The summed E-state index contributed by atoms with van der Waals surface area (Å²) < 4.78 is 33.1. The van der Waals surface area contributed by atoms with Crippen LogP contribution in [-0.2, 0) is 0 Å². The van der Waals surface area contributed by atoms with Gasteiger partial charge in [-0.2, -0.15) is 0 Å². The Kier molecular flexibility index (Phi) is 5.19. The molecule has 0 atom stereocenters. The van der Waals surface area contributed by atoms with E-state index in [2.05, 4.69) is 40.5 Å². The van der Waals surface area contributed by atoms with Crippen molar-refractivity contribution in [1.29, 1.82) is 0 Å². The van der Waals surface area contributed by atoms with Crippen molar-refractivity contribution in [3.8, 4) is 23.0 Å². The van der Waals surface area contributed by atoms with Crippen LogP contribution in [0.2, 0.25) is 0 Å². The maximum absolute atomic E-state index is 13.9. The number of aromatic amines is 1. The first-order valence-electron chi connectivity index (χ1n) is 9.81. The van der Waals surface area contributed by atoms with Crippen molar-refractivity contribution < 1.29 is 13.5 Å². The summed E-state index contributed by atoms with van der Waals surface area (Å²) in [6.45, 7) is 0. The molecule has 33 heavy (non-hydrogen) atoms. The number of H-pyrrole nitrogens is 1. The maximum Gasteiger partial charge on any atom is 0.230 e. The van der Waals surface area contributed by atoms with Gasteiger partial charge in [-0.25, -0.2) is 33.7 Å². The van der Waals surface area contributed by atoms with E-state index >= 15 is 0 Å². The van der Waals surface area contributed by atoms with Gasteiger partial charge in [0, 0.05) is 25.5 Å². The Morgan fingerprint density at radius 2 is 1.85 bits per heavy atom. The van der Waals surface area contributed by atoms with Gasteiger partial charge >= 0.3 is 0 Å². The topological polar surface area (TPSA) is 114 Å². The summed E-state index contributed by atoms with van der Waals surface area (Å²) in [6, 6.07) is 11.2. The third-order valence-electron chi connectivity index (χ3n) is 4.67. The van der Waals surface area contributed by atoms with Gasteiger partial charge in [0.05, 0.1) is 28.7 Å². The van der Waals surface area contributed by atoms with Crippen LogP contribution >= 0.6 is 0 Å². The van der Waals surface area contributed by atoms with Crippen LogP contribution in [0.15, 0.2) is 61.1 Å². The van der Waals surface area contributed by atoms with Gasteiger partial charge in [0.2, 0.25) is 23.7 Å². The molecule has 164 valence electrons. The zero-order valence-corrected chi connectivity index (χ0v) is 17.2. The lowest BCUT2D eigenvalue weighted by Gasteiger charge is -2.10. The van der Waals surface area contributed by atoms with Crippen molar-refractivity contribution in [2.75, 3.05) is 17.7 Å². The number of anilines is 3. The lowest BCUT2D eigenvalue weighted by molar-refractivity contribution is 0.446. The quantitative estimate of drug-likeness (QED) is 0.345. The highest BCUT2D eigenvalue weighted by atomic mass is 19.2. The molecular weight excluding hydrogens is 430 g/mol. The molecule has 0 saturated carbocycles. The number of halogens is 2. The minimum Gasteiger partial charge on any atom is -0.420 e. The molecule has 0 aliphatic rings. The highest BCUT2D eigenvalue weighted by Crippen LogP contribution is 2.30. The standard InChI is InChI=1S/C22H16F2N8O/c1-25-21-27-10-8-15(30-21)13-3-2-9-26-20(13)33-17-7-4-12(11-28-17)29-22-31-16-6-5-14(23)18(24)19(16)32-22/h2-11H,1H3,(H,25,27,30)(H2,29,31,32). The highest BCUT2D eigenvalue weighted by Gasteiger charge is 2.13. The van der Waals surface area contributed by atoms with E-state index in [1.807, 2.05) is 6.07 Å². The van der Waals surface area contributed by atoms with Crippen LogP contribution in [0.1, 0.15) is 0 Å². The number of fused-ring (bicyclic) bond motifs is 1. The minimum atomic E-state index is -1.00. The number of hydrogen-bond acceptors (Lipinski definition) is 8. The van der Waals surface area contributed by atoms with Crippen LogP contribution < -0.4 is 15.4 Å². The van der Waals surface area contributed by atoms with Crippen molar-refractivity contribution in [3.05, 3.63) is 72.7 Å². The number of hydrogen-bond donors (Lipinski definition) is 3. The fourth-order valence-electron chi connectivity index (χ4n) is 3.12. The number of imidazole rings is 1. The summed E-state index contributed by atoms with van der Waals surface area (Å²) in [7, 11) is 1.74. The lowest BCUT2D eigenvalue weighted by Crippen LogP contribution is -1.99. The third-order valence-corrected chi connectivity index (χ3v) is 4.67. The van der Waals surface area contributed by atoms with E-state index in [0.29, 0.717) is 40.2 Å². The van der Waals surface area contributed by atoms with Crippen LogP contribution in [0, 0.1) is 11.6 Å². The Morgan fingerprint density at radius 1 is 0.939 bits per heavy atom. The molecule has 5 rings (SSSR count). The second kappa shape index (κ2) is 8.46. The van der Waals surface area contributed by atoms with E-state index in [4.69, 9.17) is 4.74 Å². The summed E-state index contributed by atoms with van der Waals surface area (Å²) in [6.07, 6.45) is 4.77. The number of pyridine rings is 2. The number of ether oxygens (including phenoxy) is 1.